The van der Waals surface area contributed by atoms with Crippen molar-refractivity contribution >= 4 is 17.5 Å². The summed E-state index contributed by atoms with van der Waals surface area (Å²) in [6.45, 7) is 4.79. The fraction of sp³-hybridized carbons (Fsp3) is 0.500. The predicted molar refractivity (Wildman–Crippen MR) is 83.2 cm³/mol. The molecule has 0 radical (unpaired) electrons. The first-order valence-electron chi connectivity index (χ1n) is 7.33. The molecule has 2 amide bonds. The lowest BCUT2D eigenvalue weighted by Gasteiger charge is -2.25. The Morgan fingerprint density at radius 1 is 1.43 bits per heavy atom. The van der Waals surface area contributed by atoms with Gasteiger partial charge in [0.1, 0.15) is 0 Å². The largest absolute Gasteiger partial charge is 0.341 e. The first kappa shape index (κ1) is 15.5. The first-order valence-corrected chi connectivity index (χ1v) is 7.33. The number of hydrogen-bond acceptors (Lipinski definition) is 3. The van der Waals surface area contributed by atoms with Crippen molar-refractivity contribution in [3.8, 4) is 0 Å². The molecule has 3 N–H and O–H groups in total. The van der Waals surface area contributed by atoms with Crippen LogP contribution in [0.1, 0.15) is 36.2 Å². The Labute approximate surface area is 125 Å². The number of nitrogens with one attached hydrogen (secondary N) is 1. The molecule has 1 aliphatic heterocycles. The van der Waals surface area contributed by atoms with E-state index in [-0.39, 0.29) is 11.8 Å². The maximum Gasteiger partial charge on any atom is 0.253 e. The number of nitrogens with zero attached hydrogens (tertiary/aromatic N) is 1. The molecule has 0 aliphatic carbocycles. The van der Waals surface area contributed by atoms with Gasteiger partial charge >= 0.3 is 0 Å². The van der Waals surface area contributed by atoms with E-state index in [4.69, 9.17) is 5.73 Å². The van der Waals surface area contributed by atoms with Crippen LogP contribution in [0.5, 0.6) is 0 Å². The number of hydrogen-bond donors (Lipinski definition) is 2. The first-order chi connectivity index (χ1) is 9.88. The van der Waals surface area contributed by atoms with Gasteiger partial charge in [0.2, 0.25) is 5.91 Å². The molecule has 0 saturated carbocycles. The highest BCUT2D eigenvalue weighted by atomic mass is 16.2. The molecule has 2 rings (SSSR count). The van der Waals surface area contributed by atoms with E-state index >= 15 is 0 Å². The van der Waals surface area contributed by atoms with Crippen LogP contribution in [-0.2, 0) is 11.2 Å². The van der Waals surface area contributed by atoms with Gasteiger partial charge in [-0.25, -0.2) is 0 Å². The van der Waals surface area contributed by atoms with Gasteiger partial charge in [-0.2, -0.15) is 0 Å². The lowest BCUT2D eigenvalue weighted by atomic mass is 9.98. The molecule has 1 aromatic carbocycles. The van der Waals surface area contributed by atoms with E-state index in [1.54, 1.807) is 18.0 Å². The van der Waals surface area contributed by atoms with Crippen LogP contribution in [0.4, 0.5) is 5.69 Å². The Hall–Kier alpha value is -1.88. The summed E-state index contributed by atoms with van der Waals surface area (Å²) in [4.78, 5) is 25.8. The van der Waals surface area contributed by atoms with Crippen molar-refractivity contribution in [1.82, 2.24) is 4.90 Å². The van der Waals surface area contributed by atoms with Crippen molar-refractivity contribution in [2.75, 3.05) is 18.9 Å². The molecule has 0 unspecified atom stereocenters. The Kier molecular flexibility index (Phi) is 4.63. The Morgan fingerprint density at radius 2 is 2.14 bits per heavy atom. The van der Waals surface area contributed by atoms with Gasteiger partial charge in [-0.05, 0) is 36.5 Å². The van der Waals surface area contributed by atoms with Crippen LogP contribution >= 0.6 is 0 Å². The fourth-order valence-electron chi connectivity index (χ4n) is 2.52. The molecule has 0 spiro atoms. The van der Waals surface area contributed by atoms with Gasteiger partial charge < -0.3 is 16.0 Å². The summed E-state index contributed by atoms with van der Waals surface area (Å²) in [5.41, 5.74) is 8.19. The van der Waals surface area contributed by atoms with Gasteiger partial charge in [0.05, 0.1) is 6.04 Å². The molecular formula is C16H23N3O2. The zero-order chi connectivity index (χ0) is 15.6. The summed E-state index contributed by atoms with van der Waals surface area (Å²) >= 11 is 0. The van der Waals surface area contributed by atoms with Gasteiger partial charge in [0.25, 0.3) is 5.91 Å². The number of fused-ring (bicyclic) bond motifs is 1. The van der Waals surface area contributed by atoms with Gasteiger partial charge in [0, 0.05) is 24.8 Å². The molecule has 1 heterocycles. The molecule has 5 heteroatoms. The molecule has 0 bridgehead atoms. The monoisotopic (exact) mass is 289 g/mol. The second-order valence-corrected chi connectivity index (χ2v) is 6.07. The van der Waals surface area contributed by atoms with Crippen molar-refractivity contribution in [2.45, 2.75) is 32.7 Å². The van der Waals surface area contributed by atoms with Crippen molar-refractivity contribution in [3.63, 3.8) is 0 Å². The third-order valence-corrected chi connectivity index (χ3v) is 3.73. The van der Waals surface area contributed by atoms with E-state index in [2.05, 4.69) is 5.32 Å². The van der Waals surface area contributed by atoms with Crippen molar-refractivity contribution in [2.24, 2.45) is 11.7 Å². The van der Waals surface area contributed by atoms with E-state index in [0.717, 1.165) is 18.5 Å². The molecule has 0 saturated heterocycles. The van der Waals surface area contributed by atoms with Crippen LogP contribution in [0, 0.1) is 5.92 Å². The van der Waals surface area contributed by atoms with Gasteiger partial charge in [-0.3, -0.25) is 9.59 Å². The molecule has 5 nitrogen and oxygen atoms in total. The SMILES string of the molecule is CC(C)C[C@H](N)C(=O)Nc1ccc2c(c1)C(=O)N(C)CC2. The summed E-state index contributed by atoms with van der Waals surface area (Å²) in [6, 6.07) is 4.95. The number of amides is 2. The van der Waals surface area contributed by atoms with Crippen LogP contribution in [0.25, 0.3) is 0 Å². The third kappa shape index (κ3) is 3.61. The van der Waals surface area contributed by atoms with E-state index in [1.165, 1.54) is 0 Å². The number of carbonyl (C=O) groups is 2. The number of benzene rings is 1. The van der Waals surface area contributed by atoms with Gasteiger partial charge in [-0.1, -0.05) is 19.9 Å². The predicted octanol–water partition coefficient (Wildman–Crippen LogP) is 1.63. The number of carbonyl (C=O) groups excluding carboxylic acids is 2. The standard InChI is InChI=1S/C16H23N3O2/c1-10(2)8-14(17)15(20)18-12-5-4-11-6-7-19(3)16(21)13(11)9-12/h4-5,9-10,14H,6-8,17H2,1-3H3,(H,18,20)/t14-/m0/s1. The quantitative estimate of drug-likeness (QED) is 0.884. The fourth-order valence-corrected chi connectivity index (χ4v) is 2.52. The summed E-state index contributed by atoms with van der Waals surface area (Å²) < 4.78 is 0. The second kappa shape index (κ2) is 6.26. The minimum absolute atomic E-state index is 0.00109. The van der Waals surface area contributed by atoms with Crippen molar-refractivity contribution in [1.29, 1.82) is 0 Å². The molecule has 1 aromatic rings. The Balaban J connectivity index is 2.12. The minimum Gasteiger partial charge on any atom is -0.341 e. The highest BCUT2D eigenvalue weighted by Gasteiger charge is 2.22. The topological polar surface area (TPSA) is 75.4 Å². The average molecular weight is 289 g/mol. The smallest absolute Gasteiger partial charge is 0.253 e. The Bertz CT molecular complexity index is 554. The van der Waals surface area contributed by atoms with Gasteiger partial charge in [0.15, 0.2) is 0 Å². The van der Waals surface area contributed by atoms with E-state index in [1.807, 2.05) is 26.0 Å². The number of nitrogens with two attached hydrogens (primary N) is 1. The highest BCUT2D eigenvalue weighted by molar-refractivity contribution is 6.00. The number of rotatable bonds is 4. The highest BCUT2D eigenvalue weighted by Crippen LogP contribution is 2.22. The maximum atomic E-state index is 12.1. The third-order valence-electron chi connectivity index (χ3n) is 3.73. The van der Waals surface area contributed by atoms with E-state index in [0.29, 0.717) is 23.6 Å². The lowest BCUT2D eigenvalue weighted by Crippen LogP contribution is -2.37. The maximum absolute atomic E-state index is 12.1. The van der Waals surface area contributed by atoms with Crippen LogP contribution in [0.3, 0.4) is 0 Å². The van der Waals surface area contributed by atoms with E-state index in [9.17, 15) is 9.59 Å². The van der Waals surface area contributed by atoms with Crippen LogP contribution in [0.2, 0.25) is 0 Å². The molecule has 1 aliphatic rings. The molecule has 114 valence electrons. The average Bonchev–Trinajstić information content (AvgIpc) is 2.42. The van der Waals surface area contributed by atoms with Crippen molar-refractivity contribution < 1.29 is 9.59 Å². The molecule has 0 fully saturated rings. The normalized spacial score (nSPS) is 15.9. The number of anilines is 1. The molecular weight excluding hydrogens is 266 g/mol. The summed E-state index contributed by atoms with van der Waals surface area (Å²) in [6.07, 6.45) is 1.48. The Morgan fingerprint density at radius 3 is 2.81 bits per heavy atom. The van der Waals surface area contributed by atoms with Crippen LogP contribution in [-0.4, -0.2) is 36.3 Å². The van der Waals surface area contributed by atoms with E-state index < -0.39 is 6.04 Å². The second-order valence-electron chi connectivity index (χ2n) is 6.07. The summed E-state index contributed by atoms with van der Waals surface area (Å²) in [5, 5.41) is 2.80. The molecule has 21 heavy (non-hydrogen) atoms. The van der Waals surface area contributed by atoms with Crippen LogP contribution < -0.4 is 11.1 Å². The minimum atomic E-state index is -0.528. The molecule has 1 atom stereocenters. The zero-order valence-electron chi connectivity index (χ0n) is 12.8. The summed E-state index contributed by atoms with van der Waals surface area (Å²) in [7, 11) is 1.79. The van der Waals surface area contributed by atoms with Crippen LogP contribution in [0.15, 0.2) is 18.2 Å². The van der Waals surface area contributed by atoms with Crippen molar-refractivity contribution in [3.05, 3.63) is 29.3 Å². The zero-order valence-corrected chi connectivity index (χ0v) is 12.8. The molecule has 0 aromatic heterocycles. The van der Waals surface area contributed by atoms with Gasteiger partial charge in [-0.15, -0.1) is 0 Å². The lowest BCUT2D eigenvalue weighted by molar-refractivity contribution is -0.117. The number of likely N-dealkylation sites (N-methyl/N-ethyl adjacent to an activating group) is 1. The summed E-state index contributed by atoms with van der Waals surface area (Å²) in [5.74, 6) is 0.156.